The van der Waals surface area contributed by atoms with Crippen LogP contribution in [-0.2, 0) is 16.0 Å². The fourth-order valence-corrected chi connectivity index (χ4v) is 3.17. The highest BCUT2D eigenvalue weighted by Gasteiger charge is 2.30. The minimum absolute atomic E-state index is 0.0307. The van der Waals surface area contributed by atoms with Gasteiger partial charge in [0, 0.05) is 24.9 Å². The Morgan fingerprint density at radius 3 is 3.00 bits per heavy atom. The molecule has 2 amide bonds. The van der Waals surface area contributed by atoms with E-state index in [0.717, 1.165) is 37.9 Å². The molecule has 6 heteroatoms. The van der Waals surface area contributed by atoms with Crippen LogP contribution in [0.1, 0.15) is 31.4 Å². The Labute approximate surface area is 135 Å². The molecule has 2 N–H and O–H groups in total. The molecule has 1 aliphatic rings. The molecule has 22 heavy (non-hydrogen) atoms. The van der Waals surface area contributed by atoms with Crippen LogP contribution in [0.4, 0.5) is 0 Å². The first-order valence-electron chi connectivity index (χ1n) is 7.77. The Morgan fingerprint density at radius 1 is 1.41 bits per heavy atom. The third kappa shape index (κ3) is 5.40. The lowest BCUT2D eigenvalue weighted by atomic mass is 10.1. The standard InChI is InChI=1S/C16H24N2O3S/c1-22-11-15(19)18-13-7-6-12(10-13)16(20)17-8-2-4-14-5-3-9-21-14/h3,5,9,12-13H,2,4,6-8,10-11H2,1H3,(H,17,20)(H,18,19)/t12-,13+/m1/s1. The fourth-order valence-electron chi connectivity index (χ4n) is 2.82. The smallest absolute Gasteiger partial charge is 0.230 e. The number of amides is 2. The van der Waals surface area contributed by atoms with Crippen LogP contribution in [0.3, 0.4) is 0 Å². The number of aryl methyl sites for hydroxylation is 1. The zero-order valence-electron chi connectivity index (χ0n) is 13.0. The van der Waals surface area contributed by atoms with Gasteiger partial charge in [0.25, 0.3) is 0 Å². The number of hydrogen-bond acceptors (Lipinski definition) is 4. The molecule has 0 saturated heterocycles. The van der Waals surface area contributed by atoms with Crippen molar-refractivity contribution in [3.05, 3.63) is 24.2 Å². The first-order valence-corrected chi connectivity index (χ1v) is 9.17. The Hall–Kier alpha value is -1.43. The van der Waals surface area contributed by atoms with Crippen molar-refractivity contribution in [2.24, 2.45) is 5.92 Å². The van der Waals surface area contributed by atoms with Crippen LogP contribution in [0.25, 0.3) is 0 Å². The van der Waals surface area contributed by atoms with Crippen molar-refractivity contribution in [1.29, 1.82) is 0 Å². The van der Waals surface area contributed by atoms with Crippen LogP contribution in [0.5, 0.6) is 0 Å². The van der Waals surface area contributed by atoms with Gasteiger partial charge in [-0.05, 0) is 44.1 Å². The minimum Gasteiger partial charge on any atom is -0.469 e. The van der Waals surface area contributed by atoms with E-state index in [1.807, 2.05) is 18.4 Å². The number of rotatable bonds is 8. The van der Waals surface area contributed by atoms with Gasteiger partial charge in [-0.25, -0.2) is 0 Å². The monoisotopic (exact) mass is 324 g/mol. The molecule has 1 saturated carbocycles. The maximum atomic E-state index is 12.1. The number of thioether (sulfide) groups is 1. The molecule has 122 valence electrons. The molecular formula is C16H24N2O3S. The van der Waals surface area contributed by atoms with Crippen molar-refractivity contribution < 1.29 is 14.0 Å². The molecule has 1 heterocycles. The van der Waals surface area contributed by atoms with Gasteiger partial charge in [0.15, 0.2) is 0 Å². The maximum Gasteiger partial charge on any atom is 0.230 e. The van der Waals surface area contributed by atoms with E-state index in [-0.39, 0.29) is 23.8 Å². The van der Waals surface area contributed by atoms with E-state index in [9.17, 15) is 9.59 Å². The highest BCUT2D eigenvalue weighted by atomic mass is 32.2. The maximum absolute atomic E-state index is 12.1. The Bertz CT molecular complexity index is 476. The summed E-state index contributed by atoms with van der Waals surface area (Å²) in [7, 11) is 0. The van der Waals surface area contributed by atoms with Crippen LogP contribution in [-0.4, -0.2) is 36.4 Å². The minimum atomic E-state index is 0.0307. The Morgan fingerprint density at radius 2 is 2.27 bits per heavy atom. The number of hydrogen-bond donors (Lipinski definition) is 2. The second kappa shape index (κ2) is 8.88. The third-order valence-corrected chi connectivity index (χ3v) is 4.47. The van der Waals surface area contributed by atoms with Gasteiger partial charge in [-0.3, -0.25) is 9.59 Å². The van der Waals surface area contributed by atoms with E-state index in [0.29, 0.717) is 12.3 Å². The summed E-state index contributed by atoms with van der Waals surface area (Å²) in [6, 6.07) is 3.97. The molecule has 0 radical (unpaired) electrons. The van der Waals surface area contributed by atoms with Gasteiger partial charge in [0.1, 0.15) is 5.76 Å². The largest absolute Gasteiger partial charge is 0.469 e. The molecule has 5 nitrogen and oxygen atoms in total. The molecule has 0 aromatic carbocycles. The van der Waals surface area contributed by atoms with Crippen molar-refractivity contribution in [2.45, 2.75) is 38.1 Å². The van der Waals surface area contributed by atoms with Gasteiger partial charge in [-0.2, -0.15) is 11.8 Å². The lowest BCUT2D eigenvalue weighted by Crippen LogP contribution is -2.36. The van der Waals surface area contributed by atoms with Crippen molar-refractivity contribution in [2.75, 3.05) is 18.6 Å². The first kappa shape index (κ1) is 16.9. The molecule has 1 aromatic heterocycles. The SMILES string of the molecule is CSCC(=O)N[C@H]1CC[C@@H](C(=O)NCCCc2ccco2)C1. The molecule has 2 rings (SSSR count). The van der Waals surface area contributed by atoms with E-state index >= 15 is 0 Å². The Kier molecular flexibility index (Phi) is 6.83. The van der Waals surface area contributed by atoms with Gasteiger partial charge in [-0.15, -0.1) is 0 Å². The number of carbonyl (C=O) groups is 2. The molecule has 2 atom stereocenters. The van der Waals surface area contributed by atoms with Crippen LogP contribution in [0, 0.1) is 5.92 Å². The summed E-state index contributed by atoms with van der Waals surface area (Å²) in [6.07, 6.45) is 7.79. The molecule has 1 aliphatic carbocycles. The zero-order chi connectivity index (χ0) is 15.8. The van der Waals surface area contributed by atoms with Gasteiger partial charge < -0.3 is 15.1 Å². The van der Waals surface area contributed by atoms with E-state index in [1.54, 1.807) is 6.26 Å². The van der Waals surface area contributed by atoms with Crippen LogP contribution in [0.2, 0.25) is 0 Å². The summed E-state index contributed by atoms with van der Waals surface area (Å²) in [4.78, 5) is 23.7. The first-order chi connectivity index (χ1) is 10.7. The highest BCUT2D eigenvalue weighted by molar-refractivity contribution is 7.99. The zero-order valence-corrected chi connectivity index (χ0v) is 13.8. The van der Waals surface area contributed by atoms with Crippen molar-refractivity contribution in [3.8, 4) is 0 Å². The average Bonchev–Trinajstić information content (AvgIpc) is 3.15. The predicted molar refractivity (Wildman–Crippen MR) is 87.7 cm³/mol. The second-order valence-electron chi connectivity index (χ2n) is 5.68. The highest BCUT2D eigenvalue weighted by Crippen LogP contribution is 2.25. The van der Waals surface area contributed by atoms with Crippen LogP contribution >= 0.6 is 11.8 Å². The van der Waals surface area contributed by atoms with Crippen LogP contribution < -0.4 is 10.6 Å². The summed E-state index contributed by atoms with van der Waals surface area (Å²) in [6.45, 7) is 0.666. The van der Waals surface area contributed by atoms with E-state index in [2.05, 4.69) is 10.6 Å². The third-order valence-electron chi connectivity index (χ3n) is 3.92. The number of furan rings is 1. The van der Waals surface area contributed by atoms with E-state index < -0.39 is 0 Å². The van der Waals surface area contributed by atoms with Crippen LogP contribution in [0.15, 0.2) is 22.8 Å². The van der Waals surface area contributed by atoms with E-state index in [4.69, 9.17) is 4.42 Å². The van der Waals surface area contributed by atoms with Gasteiger partial charge in [0.2, 0.25) is 11.8 Å². The molecule has 0 unspecified atom stereocenters. The Balaban J connectivity index is 1.61. The molecule has 0 bridgehead atoms. The van der Waals surface area contributed by atoms with Gasteiger partial charge in [-0.1, -0.05) is 0 Å². The lowest BCUT2D eigenvalue weighted by molar-refractivity contribution is -0.125. The van der Waals surface area contributed by atoms with E-state index in [1.165, 1.54) is 11.8 Å². The quantitative estimate of drug-likeness (QED) is 0.717. The van der Waals surface area contributed by atoms with Crippen molar-refractivity contribution >= 4 is 23.6 Å². The summed E-state index contributed by atoms with van der Waals surface area (Å²) >= 11 is 1.51. The normalized spacial score (nSPS) is 20.8. The topological polar surface area (TPSA) is 71.3 Å². The average molecular weight is 324 g/mol. The lowest BCUT2D eigenvalue weighted by Gasteiger charge is -2.13. The van der Waals surface area contributed by atoms with Crippen molar-refractivity contribution in [3.63, 3.8) is 0 Å². The van der Waals surface area contributed by atoms with Gasteiger partial charge >= 0.3 is 0 Å². The molecule has 0 aliphatic heterocycles. The number of carbonyl (C=O) groups excluding carboxylic acids is 2. The second-order valence-corrected chi connectivity index (χ2v) is 6.55. The summed E-state index contributed by atoms with van der Waals surface area (Å²) in [5.74, 6) is 1.65. The predicted octanol–water partition coefficient (Wildman–Crippen LogP) is 1.98. The number of nitrogens with one attached hydrogen (secondary N) is 2. The summed E-state index contributed by atoms with van der Waals surface area (Å²) in [5, 5.41) is 5.99. The fraction of sp³-hybridized carbons (Fsp3) is 0.625. The molecule has 0 spiro atoms. The summed E-state index contributed by atoms with van der Waals surface area (Å²) < 4.78 is 5.26. The molecule has 1 fully saturated rings. The molecular weight excluding hydrogens is 300 g/mol. The van der Waals surface area contributed by atoms with Gasteiger partial charge in [0.05, 0.1) is 12.0 Å². The summed E-state index contributed by atoms with van der Waals surface area (Å²) in [5.41, 5.74) is 0. The van der Waals surface area contributed by atoms with Crippen molar-refractivity contribution in [1.82, 2.24) is 10.6 Å². The molecule has 1 aromatic rings.